The van der Waals surface area contributed by atoms with Crippen LogP contribution in [0.2, 0.25) is 0 Å². The SMILES string of the molecule is COc1ccccc1OCC1CN(C(=O)Cc2cccs2)CCO1. The van der Waals surface area contributed by atoms with E-state index >= 15 is 0 Å². The zero-order chi connectivity index (χ0) is 16.8. The molecule has 1 aliphatic rings. The molecule has 2 aromatic rings. The van der Waals surface area contributed by atoms with Crippen LogP contribution in [0.15, 0.2) is 41.8 Å². The fourth-order valence-corrected chi connectivity index (χ4v) is 3.34. The van der Waals surface area contributed by atoms with E-state index in [4.69, 9.17) is 14.2 Å². The molecule has 1 atom stereocenters. The van der Waals surface area contributed by atoms with Gasteiger partial charge < -0.3 is 19.1 Å². The molecule has 1 unspecified atom stereocenters. The fourth-order valence-electron chi connectivity index (χ4n) is 2.64. The van der Waals surface area contributed by atoms with Crippen molar-refractivity contribution in [3.63, 3.8) is 0 Å². The van der Waals surface area contributed by atoms with E-state index in [0.717, 1.165) is 4.88 Å². The summed E-state index contributed by atoms with van der Waals surface area (Å²) in [5.74, 6) is 1.52. The number of benzene rings is 1. The Morgan fingerprint density at radius 1 is 1.29 bits per heavy atom. The van der Waals surface area contributed by atoms with E-state index in [-0.39, 0.29) is 12.0 Å². The highest BCUT2D eigenvalue weighted by Gasteiger charge is 2.25. The Morgan fingerprint density at radius 3 is 2.88 bits per heavy atom. The van der Waals surface area contributed by atoms with Crippen molar-refractivity contribution >= 4 is 17.2 Å². The van der Waals surface area contributed by atoms with Gasteiger partial charge in [0.25, 0.3) is 0 Å². The van der Waals surface area contributed by atoms with Gasteiger partial charge in [0.1, 0.15) is 12.7 Å². The number of morpholine rings is 1. The molecule has 1 amide bonds. The lowest BCUT2D eigenvalue weighted by Crippen LogP contribution is -2.48. The lowest BCUT2D eigenvalue weighted by atomic mass is 10.2. The summed E-state index contributed by atoms with van der Waals surface area (Å²) in [7, 11) is 1.62. The number of methoxy groups -OCH3 is 1. The molecule has 0 radical (unpaired) electrons. The number of hydrogen-bond donors (Lipinski definition) is 0. The lowest BCUT2D eigenvalue weighted by molar-refractivity contribution is -0.139. The summed E-state index contributed by atoms with van der Waals surface area (Å²) in [4.78, 5) is 15.4. The monoisotopic (exact) mass is 347 g/mol. The molecule has 2 heterocycles. The van der Waals surface area contributed by atoms with Gasteiger partial charge in [0.15, 0.2) is 11.5 Å². The van der Waals surface area contributed by atoms with Gasteiger partial charge in [-0.05, 0) is 23.6 Å². The largest absolute Gasteiger partial charge is 0.493 e. The Labute approximate surface area is 145 Å². The lowest BCUT2D eigenvalue weighted by Gasteiger charge is -2.33. The molecule has 128 valence electrons. The van der Waals surface area contributed by atoms with Crippen LogP contribution in [0.3, 0.4) is 0 Å². The van der Waals surface area contributed by atoms with Crippen LogP contribution >= 0.6 is 11.3 Å². The van der Waals surface area contributed by atoms with Gasteiger partial charge in [-0.3, -0.25) is 4.79 Å². The Balaban J connectivity index is 1.52. The van der Waals surface area contributed by atoms with Crippen molar-refractivity contribution in [2.45, 2.75) is 12.5 Å². The molecule has 1 aromatic carbocycles. The zero-order valence-corrected chi connectivity index (χ0v) is 14.5. The number of carbonyl (C=O) groups is 1. The summed E-state index contributed by atoms with van der Waals surface area (Å²) < 4.78 is 16.8. The molecule has 0 N–H and O–H groups in total. The van der Waals surface area contributed by atoms with Crippen molar-refractivity contribution in [3.8, 4) is 11.5 Å². The summed E-state index contributed by atoms with van der Waals surface area (Å²) in [6.45, 7) is 2.12. The van der Waals surface area contributed by atoms with Crippen LogP contribution in [-0.2, 0) is 16.0 Å². The van der Waals surface area contributed by atoms with E-state index in [2.05, 4.69) is 0 Å². The first-order valence-corrected chi connectivity index (χ1v) is 8.82. The Morgan fingerprint density at radius 2 is 2.12 bits per heavy atom. The maximum Gasteiger partial charge on any atom is 0.227 e. The van der Waals surface area contributed by atoms with Crippen LogP contribution in [0.1, 0.15) is 4.88 Å². The minimum Gasteiger partial charge on any atom is -0.493 e. The second-order valence-corrected chi connectivity index (χ2v) is 6.58. The van der Waals surface area contributed by atoms with Crippen molar-refractivity contribution in [1.82, 2.24) is 4.90 Å². The third-order valence-electron chi connectivity index (χ3n) is 3.89. The second-order valence-electron chi connectivity index (χ2n) is 5.55. The zero-order valence-electron chi connectivity index (χ0n) is 13.6. The molecule has 0 saturated carbocycles. The molecule has 1 fully saturated rings. The first-order valence-electron chi connectivity index (χ1n) is 7.94. The summed E-state index contributed by atoms with van der Waals surface area (Å²) >= 11 is 1.61. The molecule has 6 heteroatoms. The minimum atomic E-state index is -0.129. The number of carbonyl (C=O) groups excluding carboxylic acids is 1. The fraction of sp³-hybridized carbons (Fsp3) is 0.389. The van der Waals surface area contributed by atoms with E-state index in [1.165, 1.54) is 0 Å². The van der Waals surface area contributed by atoms with Gasteiger partial charge in [-0.1, -0.05) is 18.2 Å². The van der Waals surface area contributed by atoms with Crippen molar-refractivity contribution in [2.75, 3.05) is 33.4 Å². The van der Waals surface area contributed by atoms with Gasteiger partial charge in [-0.2, -0.15) is 0 Å². The molecule has 5 nitrogen and oxygen atoms in total. The average Bonchev–Trinajstić information content (AvgIpc) is 3.13. The number of amides is 1. The molecule has 1 aliphatic heterocycles. The third-order valence-corrected chi connectivity index (χ3v) is 4.77. The van der Waals surface area contributed by atoms with E-state index in [1.54, 1.807) is 18.4 Å². The highest BCUT2D eigenvalue weighted by Crippen LogP contribution is 2.26. The number of hydrogen-bond acceptors (Lipinski definition) is 5. The number of nitrogens with zero attached hydrogens (tertiary/aromatic N) is 1. The predicted octanol–water partition coefficient (Wildman–Crippen LogP) is 2.61. The van der Waals surface area contributed by atoms with E-state index in [0.29, 0.717) is 44.2 Å². The molecule has 1 aromatic heterocycles. The first-order chi connectivity index (χ1) is 11.8. The summed E-state index contributed by atoms with van der Waals surface area (Å²) in [5, 5.41) is 1.99. The Hall–Kier alpha value is -2.05. The smallest absolute Gasteiger partial charge is 0.227 e. The highest BCUT2D eigenvalue weighted by molar-refractivity contribution is 7.10. The molecule has 1 saturated heterocycles. The summed E-state index contributed by atoms with van der Waals surface area (Å²) in [5.41, 5.74) is 0. The van der Waals surface area contributed by atoms with E-state index in [1.807, 2.05) is 46.7 Å². The summed E-state index contributed by atoms with van der Waals surface area (Å²) in [6, 6.07) is 11.5. The molecular weight excluding hydrogens is 326 g/mol. The third kappa shape index (κ3) is 4.27. The van der Waals surface area contributed by atoms with Crippen LogP contribution < -0.4 is 9.47 Å². The number of ether oxygens (including phenoxy) is 3. The topological polar surface area (TPSA) is 48.0 Å². The Kier molecular flexibility index (Phi) is 5.72. The maximum atomic E-state index is 12.4. The average molecular weight is 347 g/mol. The number of para-hydroxylation sites is 2. The molecular formula is C18H21NO4S. The van der Waals surface area contributed by atoms with E-state index < -0.39 is 0 Å². The standard InChI is InChI=1S/C18H21NO4S/c1-21-16-6-2-3-7-17(16)23-13-14-12-19(8-9-22-14)18(20)11-15-5-4-10-24-15/h2-7,10,14H,8-9,11-13H2,1H3. The van der Waals surface area contributed by atoms with Gasteiger partial charge in [0.05, 0.1) is 26.7 Å². The maximum absolute atomic E-state index is 12.4. The minimum absolute atomic E-state index is 0.129. The number of thiophene rings is 1. The van der Waals surface area contributed by atoms with Crippen molar-refractivity contribution in [2.24, 2.45) is 0 Å². The van der Waals surface area contributed by atoms with Gasteiger partial charge in [0.2, 0.25) is 5.91 Å². The first kappa shape index (κ1) is 16.8. The molecule has 0 spiro atoms. The van der Waals surface area contributed by atoms with Crippen LogP contribution in [0.4, 0.5) is 0 Å². The second kappa shape index (κ2) is 8.17. The molecule has 0 aliphatic carbocycles. The van der Waals surface area contributed by atoms with Gasteiger partial charge in [-0.25, -0.2) is 0 Å². The molecule has 0 bridgehead atoms. The molecule has 3 rings (SSSR count). The van der Waals surface area contributed by atoms with E-state index in [9.17, 15) is 4.79 Å². The van der Waals surface area contributed by atoms with Crippen LogP contribution in [0.5, 0.6) is 11.5 Å². The van der Waals surface area contributed by atoms with Crippen molar-refractivity contribution in [3.05, 3.63) is 46.7 Å². The highest BCUT2D eigenvalue weighted by atomic mass is 32.1. The summed E-state index contributed by atoms with van der Waals surface area (Å²) in [6.07, 6.45) is 0.327. The number of rotatable bonds is 6. The van der Waals surface area contributed by atoms with Crippen LogP contribution in [0.25, 0.3) is 0 Å². The molecule has 24 heavy (non-hydrogen) atoms. The predicted molar refractivity (Wildman–Crippen MR) is 92.8 cm³/mol. The normalized spacial score (nSPS) is 17.5. The van der Waals surface area contributed by atoms with Crippen molar-refractivity contribution < 1.29 is 19.0 Å². The van der Waals surface area contributed by atoms with Gasteiger partial charge in [-0.15, -0.1) is 11.3 Å². The van der Waals surface area contributed by atoms with Gasteiger partial charge in [0, 0.05) is 11.4 Å². The van der Waals surface area contributed by atoms with Gasteiger partial charge >= 0.3 is 0 Å². The van der Waals surface area contributed by atoms with Crippen LogP contribution in [-0.4, -0.2) is 50.3 Å². The quantitative estimate of drug-likeness (QED) is 0.806. The van der Waals surface area contributed by atoms with Crippen molar-refractivity contribution in [1.29, 1.82) is 0 Å². The Bertz CT molecular complexity index is 659. The van der Waals surface area contributed by atoms with Crippen LogP contribution in [0, 0.1) is 0 Å².